The fraction of sp³-hybridized carbons (Fsp3) is 0.167. The summed E-state index contributed by atoms with van der Waals surface area (Å²) in [4.78, 5) is 15.3. The molecule has 0 unspecified atom stereocenters. The van der Waals surface area contributed by atoms with Gasteiger partial charge in [0.2, 0.25) is 0 Å². The van der Waals surface area contributed by atoms with Gasteiger partial charge in [-0.2, -0.15) is 4.98 Å². The van der Waals surface area contributed by atoms with Crippen LogP contribution in [0.15, 0.2) is 52.3 Å². The minimum absolute atomic E-state index is 0.0125. The SMILES string of the molecule is CCn1ccc(NS(=O)(=O)c2ccccc2)nc1=O. The van der Waals surface area contributed by atoms with Crippen molar-refractivity contribution in [3.63, 3.8) is 0 Å². The van der Waals surface area contributed by atoms with Crippen LogP contribution in [0, 0.1) is 0 Å². The highest BCUT2D eigenvalue weighted by Crippen LogP contribution is 2.12. The monoisotopic (exact) mass is 279 g/mol. The second kappa shape index (κ2) is 5.23. The summed E-state index contributed by atoms with van der Waals surface area (Å²) in [7, 11) is -3.71. The summed E-state index contributed by atoms with van der Waals surface area (Å²) in [6.07, 6.45) is 1.50. The molecule has 0 fully saturated rings. The highest BCUT2D eigenvalue weighted by molar-refractivity contribution is 7.92. The molecule has 1 aromatic heterocycles. The third kappa shape index (κ3) is 3.00. The first-order chi connectivity index (χ1) is 9.03. The fourth-order valence-corrected chi connectivity index (χ4v) is 2.54. The average molecular weight is 279 g/mol. The second-order valence-electron chi connectivity index (χ2n) is 3.80. The molecule has 1 aromatic carbocycles. The molecule has 100 valence electrons. The van der Waals surface area contributed by atoms with Gasteiger partial charge in [0.1, 0.15) is 5.82 Å². The zero-order chi connectivity index (χ0) is 13.9. The van der Waals surface area contributed by atoms with Gasteiger partial charge in [0.25, 0.3) is 10.0 Å². The lowest BCUT2D eigenvalue weighted by atomic mass is 10.4. The summed E-state index contributed by atoms with van der Waals surface area (Å²) >= 11 is 0. The molecule has 0 atom stereocenters. The maximum absolute atomic E-state index is 12.0. The molecular weight excluding hydrogens is 266 g/mol. The Bertz CT molecular complexity index is 723. The highest BCUT2D eigenvalue weighted by Gasteiger charge is 2.14. The van der Waals surface area contributed by atoms with Crippen molar-refractivity contribution in [3.05, 3.63) is 53.1 Å². The molecule has 6 nitrogen and oxygen atoms in total. The maximum atomic E-state index is 12.0. The fourth-order valence-electron chi connectivity index (χ4n) is 1.52. The number of hydrogen-bond donors (Lipinski definition) is 1. The Morgan fingerprint density at radius 2 is 1.89 bits per heavy atom. The topological polar surface area (TPSA) is 81.1 Å². The molecule has 0 bridgehead atoms. The van der Waals surface area contributed by atoms with Crippen molar-refractivity contribution in [2.75, 3.05) is 4.72 Å². The first-order valence-electron chi connectivity index (χ1n) is 5.68. The summed E-state index contributed by atoms with van der Waals surface area (Å²) in [5, 5.41) is 0. The van der Waals surface area contributed by atoms with Crippen LogP contribution in [0.25, 0.3) is 0 Å². The van der Waals surface area contributed by atoms with Crippen LogP contribution in [-0.2, 0) is 16.6 Å². The Morgan fingerprint density at radius 3 is 2.47 bits per heavy atom. The minimum Gasteiger partial charge on any atom is -0.299 e. The van der Waals surface area contributed by atoms with Gasteiger partial charge in [0.05, 0.1) is 4.90 Å². The molecule has 19 heavy (non-hydrogen) atoms. The van der Waals surface area contributed by atoms with Gasteiger partial charge >= 0.3 is 5.69 Å². The van der Waals surface area contributed by atoms with E-state index in [1.54, 1.807) is 25.1 Å². The molecule has 0 aliphatic rings. The first kappa shape index (κ1) is 13.3. The largest absolute Gasteiger partial charge is 0.349 e. The van der Waals surface area contributed by atoms with Gasteiger partial charge in [-0.25, -0.2) is 13.2 Å². The van der Waals surface area contributed by atoms with Gasteiger partial charge in [-0.05, 0) is 25.1 Å². The van der Waals surface area contributed by atoms with Crippen LogP contribution < -0.4 is 10.4 Å². The molecule has 0 saturated heterocycles. The smallest absolute Gasteiger partial charge is 0.299 e. The molecule has 1 heterocycles. The number of aryl methyl sites for hydroxylation is 1. The quantitative estimate of drug-likeness (QED) is 0.907. The Kier molecular flexibility index (Phi) is 3.66. The molecule has 0 amide bonds. The van der Waals surface area contributed by atoms with E-state index in [2.05, 4.69) is 9.71 Å². The molecule has 2 rings (SSSR count). The molecule has 2 aromatic rings. The van der Waals surface area contributed by atoms with Crippen molar-refractivity contribution < 1.29 is 8.42 Å². The summed E-state index contributed by atoms with van der Waals surface area (Å²) in [5.41, 5.74) is -0.490. The molecule has 0 spiro atoms. The van der Waals surface area contributed by atoms with E-state index in [9.17, 15) is 13.2 Å². The molecule has 1 N–H and O–H groups in total. The van der Waals surface area contributed by atoms with Crippen LogP contribution in [0.4, 0.5) is 5.82 Å². The van der Waals surface area contributed by atoms with Crippen LogP contribution in [0.1, 0.15) is 6.92 Å². The summed E-state index contributed by atoms with van der Waals surface area (Å²) in [6, 6.07) is 9.35. The van der Waals surface area contributed by atoms with Crippen LogP contribution in [0.5, 0.6) is 0 Å². The Hall–Kier alpha value is -2.15. The molecular formula is C12H13N3O3S. The van der Waals surface area contributed by atoms with E-state index in [1.807, 2.05) is 0 Å². The molecule has 0 aliphatic heterocycles. The van der Waals surface area contributed by atoms with Gasteiger partial charge in [0, 0.05) is 12.7 Å². The van der Waals surface area contributed by atoms with Crippen molar-refractivity contribution in [2.45, 2.75) is 18.4 Å². The number of rotatable bonds is 4. The highest BCUT2D eigenvalue weighted by atomic mass is 32.2. The number of anilines is 1. The van der Waals surface area contributed by atoms with Crippen molar-refractivity contribution >= 4 is 15.8 Å². The van der Waals surface area contributed by atoms with E-state index < -0.39 is 15.7 Å². The van der Waals surface area contributed by atoms with Gasteiger partial charge in [-0.1, -0.05) is 18.2 Å². The minimum atomic E-state index is -3.71. The third-order valence-corrected chi connectivity index (χ3v) is 3.88. The summed E-state index contributed by atoms with van der Waals surface area (Å²) < 4.78 is 27.7. The van der Waals surface area contributed by atoms with E-state index >= 15 is 0 Å². The number of benzene rings is 1. The van der Waals surface area contributed by atoms with Gasteiger partial charge in [-0.3, -0.25) is 9.29 Å². The van der Waals surface area contributed by atoms with E-state index in [-0.39, 0.29) is 10.7 Å². The molecule has 0 radical (unpaired) electrons. The zero-order valence-electron chi connectivity index (χ0n) is 10.3. The summed E-state index contributed by atoms with van der Waals surface area (Å²) in [6.45, 7) is 2.29. The second-order valence-corrected chi connectivity index (χ2v) is 5.48. The van der Waals surface area contributed by atoms with Crippen LogP contribution >= 0.6 is 0 Å². The average Bonchev–Trinajstić information content (AvgIpc) is 2.39. The maximum Gasteiger partial charge on any atom is 0.349 e. The summed E-state index contributed by atoms with van der Waals surface area (Å²) in [5.74, 6) is 0.0125. The number of aromatic nitrogens is 2. The van der Waals surface area contributed by atoms with Crippen molar-refractivity contribution in [1.29, 1.82) is 0 Å². The molecule has 7 heteroatoms. The van der Waals surface area contributed by atoms with Gasteiger partial charge in [0.15, 0.2) is 0 Å². The standard InChI is InChI=1S/C12H13N3O3S/c1-2-15-9-8-11(13-12(15)16)14-19(17,18)10-6-4-3-5-7-10/h3-9H,2H2,1H3,(H,13,14,16). The van der Waals surface area contributed by atoms with Crippen molar-refractivity contribution in [3.8, 4) is 0 Å². The van der Waals surface area contributed by atoms with E-state index in [1.165, 1.54) is 29.0 Å². The number of hydrogen-bond acceptors (Lipinski definition) is 4. The molecule has 0 aliphatic carbocycles. The van der Waals surface area contributed by atoms with E-state index in [4.69, 9.17) is 0 Å². The third-order valence-electron chi connectivity index (χ3n) is 2.51. The van der Waals surface area contributed by atoms with E-state index in [0.717, 1.165) is 0 Å². The van der Waals surface area contributed by atoms with Crippen molar-refractivity contribution in [2.24, 2.45) is 0 Å². The first-order valence-corrected chi connectivity index (χ1v) is 7.16. The predicted octanol–water partition coefficient (Wildman–Crippen LogP) is 1.06. The van der Waals surface area contributed by atoms with Gasteiger partial charge in [-0.15, -0.1) is 0 Å². The van der Waals surface area contributed by atoms with Crippen LogP contribution in [0.2, 0.25) is 0 Å². The Labute approximate surface area is 110 Å². The lowest BCUT2D eigenvalue weighted by Gasteiger charge is -2.07. The zero-order valence-corrected chi connectivity index (χ0v) is 11.1. The Balaban J connectivity index is 2.31. The van der Waals surface area contributed by atoms with E-state index in [0.29, 0.717) is 6.54 Å². The predicted molar refractivity (Wildman–Crippen MR) is 71.4 cm³/mol. The lowest BCUT2D eigenvalue weighted by Crippen LogP contribution is -2.24. The van der Waals surface area contributed by atoms with Crippen LogP contribution in [-0.4, -0.2) is 18.0 Å². The number of sulfonamides is 1. The van der Waals surface area contributed by atoms with Crippen LogP contribution in [0.3, 0.4) is 0 Å². The molecule has 0 saturated carbocycles. The normalized spacial score (nSPS) is 11.2. The van der Waals surface area contributed by atoms with Gasteiger partial charge < -0.3 is 0 Å². The number of nitrogens with one attached hydrogen (secondary N) is 1. The Morgan fingerprint density at radius 1 is 1.21 bits per heavy atom. The lowest BCUT2D eigenvalue weighted by molar-refractivity contribution is 0.601. The number of nitrogens with zero attached hydrogens (tertiary/aromatic N) is 2. The van der Waals surface area contributed by atoms with Crippen molar-refractivity contribution in [1.82, 2.24) is 9.55 Å².